The van der Waals surface area contributed by atoms with Crippen LogP contribution in [0.25, 0.3) is 0 Å². The van der Waals surface area contributed by atoms with Gasteiger partial charge in [0.15, 0.2) is 0 Å². The van der Waals surface area contributed by atoms with Gasteiger partial charge in [-0.25, -0.2) is 4.98 Å². The Morgan fingerprint density at radius 1 is 1.62 bits per heavy atom. The highest BCUT2D eigenvalue weighted by atomic mass is 79.9. The number of nitrogens with zero attached hydrogens (tertiary/aromatic N) is 1. The molecular weight excluding hydrogens is 288 g/mol. The Morgan fingerprint density at radius 3 is 2.81 bits per heavy atom. The molecule has 2 atom stereocenters. The van der Waals surface area contributed by atoms with E-state index in [4.69, 9.17) is 0 Å². The van der Waals surface area contributed by atoms with Crippen molar-refractivity contribution < 1.29 is 5.11 Å². The minimum absolute atomic E-state index is 0.172. The predicted octanol–water partition coefficient (Wildman–Crippen LogP) is 2.68. The number of aliphatic hydroxyl groups excluding tert-OH is 1. The summed E-state index contributed by atoms with van der Waals surface area (Å²) in [6, 6.07) is 2.21. The summed E-state index contributed by atoms with van der Waals surface area (Å²) in [6.07, 6.45) is 3.77. The average Bonchev–Trinajstić information content (AvgIpc) is 2.24. The molecule has 5 heteroatoms. The fourth-order valence-corrected chi connectivity index (χ4v) is 2.51. The van der Waals surface area contributed by atoms with Gasteiger partial charge in [-0.05, 0) is 47.7 Å². The second-order valence-corrected chi connectivity index (χ2v) is 5.70. The first-order valence-corrected chi connectivity index (χ1v) is 7.19. The molecule has 90 valence electrons. The van der Waals surface area contributed by atoms with Gasteiger partial charge in [-0.1, -0.05) is 0 Å². The number of hydrogen-bond acceptors (Lipinski definition) is 4. The molecule has 0 amide bonds. The van der Waals surface area contributed by atoms with E-state index in [1.807, 2.05) is 19.2 Å². The first-order chi connectivity index (χ1) is 7.58. The maximum atomic E-state index is 9.20. The molecule has 0 fully saturated rings. The highest BCUT2D eigenvalue weighted by Gasteiger charge is 2.16. The number of aromatic nitrogens is 1. The molecule has 0 aromatic carbocycles. The highest BCUT2D eigenvalue weighted by Crippen LogP contribution is 2.20. The van der Waals surface area contributed by atoms with Gasteiger partial charge < -0.3 is 10.4 Å². The van der Waals surface area contributed by atoms with Crippen LogP contribution in [-0.2, 0) is 0 Å². The number of aryl methyl sites for hydroxylation is 1. The Kier molecular flexibility index (Phi) is 5.58. The van der Waals surface area contributed by atoms with Crippen LogP contribution in [0.3, 0.4) is 0 Å². The van der Waals surface area contributed by atoms with Crippen LogP contribution in [0.15, 0.2) is 16.7 Å². The summed E-state index contributed by atoms with van der Waals surface area (Å²) >= 11 is 5.04. The zero-order valence-corrected chi connectivity index (χ0v) is 12.1. The van der Waals surface area contributed by atoms with E-state index in [0.717, 1.165) is 15.9 Å². The highest BCUT2D eigenvalue weighted by molar-refractivity contribution is 9.10. The summed E-state index contributed by atoms with van der Waals surface area (Å²) in [5.74, 6) is 0.878. The smallest absolute Gasteiger partial charge is 0.129 e. The fraction of sp³-hybridized carbons (Fsp3) is 0.545. The molecule has 0 aliphatic rings. The van der Waals surface area contributed by atoms with Gasteiger partial charge in [0.25, 0.3) is 0 Å². The maximum absolute atomic E-state index is 9.20. The van der Waals surface area contributed by atoms with Crippen LogP contribution in [-0.4, -0.2) is 34.2 Å². The Hall–Kier alpha value is -0.260. The molecule has 0 saturated carbocycles. The van der Waals surface area contributed by atoms with E-state index in [2.05, 4.69) is 33.2 Å². The molecule has 2 unspecified atom stereocenters. The molecule has 0 spiro atoms. The summed E-state index contributed by atoms with van der Waals surface area (Å²) in [7, 11) is 0. The Morgan fingerprint density at radius 2 is 2.31 bits per heavy atom. The maximum Gasteiger partial charge on any atom is 0.129 e. The van der Waals surface area contributed by atoms with E-state index < -0.39 is 0 Å². The zero-order chi connectivity index (χ0) is 12.1. The van der Waals surface area contributed by atoms with Gasteiger partial charge in [0.05, 0.1) is 6.61 Å². The monoisotopic (exact) mass is 304 g/mol. The van der Waals surface area contributed by atoms with Crippen molar-refractivity contribution in [2.24, 2.45) is 0 Å². The van der Waals surface area contributed by atoms with Crippen LogP contribution in [0.2, 0.25) is 0 Å². The lowest BCUT2D eigenvalue weighted by atomic mass is 10.2. The number of hydrogen-bond donors (Lipinski definition) is 2. The van der Waals surface area contributed by atoms with Gasteiger partial charge in [-0.15, -0.1) is 0 Å². The molecule has 1 aromatic heterocycles. The van der Waals surface area contributed by atoms with Crippen molar-refractivity contribution in [3.8, 4) is 0 Å². The molecule has 0 aliphatic carbocycles. The molecular formula is C11H17BrN2OS. The Labute approximate surface area is 109 Å². The second kappa shape index (κ2) is 6.47. The summed E-state index contributed by atoms with van der Waals surface area (Å²) in [6.45, 7) is 4.24. The van der Waals surface area contributed by atoms with Gasteiger partial charge in [-0.2, -0.15) is 11.8 Å². The van der Waals surface area contributed by atoms with Crippen LogP contribution < -0.4 is 5.32 Å². The molecule has 0 aliphatic heterocycles. The fourth-order valence-electron chi connectivity index (χ4n) is 1.44. The number of pyridine rings is 1. The van der Waals surface area contributed by atoms with Crippen molar-refractivity contribution in [3.05, 3.63) is 22.3 Å². The van der Waals surface area contributed by atoms with Crippen molar-refractivity contribution in [1.82, 2.24) is 4.98 Å². The topological polar surface area (TPSA) is 45.1 Å². The molecule has 1 rings (SSSR count). The van der Waals surface area contributed by atoms with Crippen LogP contribution in [0.4, 0.5) is 5.82 Å². The normalized spacial score (nSPS) is 14.6. The molecule has 1 heterocycles. The van der Waals surface area contributed by atoms with Crippen molar-refractivity contribution in [3.63, 3.8) is 0 Å². The van der Waals surface area contributed by atoms with Crippen LogP contribution in [0, 0.1) is 6.92 Å². The standard InChI is InChI=1S/C11H17BrN2OS/c1-7-4-9(12)5-13-11(7)14-8(2)10(6-15)16-3/h4-5,8,10,15H,6H2,1-3H3,(H,13,14). The van der Waals surface area contributed by atoms with Gasteiger partial charge in [0.1, 0.15) is 5.82 Å². The minimum atomic E-state index is 0.172. The average molecular weight is 305 g/mol. The van der Waals surface area contributed by atoms with Gasteiger partial charge in [0.2, 0.25) is 0 Å². The summed E-state index contributed by atoms with van der Waals surface area (Å²) < 4.78 is 0.978. The van der Waals surface area contributed by atoms with E-state index in [1.165, 1.54) is 0 Å². The molecule has 2 N–H and O–H groups in total. The minimum Gasteiger partial charge on any atom is -0.395 e. The van der Waals surface area contributed by atoms with Crippen molar-refractivity contribution in [2.45, 2.75) is 25.1 Å². The van der Waals surface area contributed by atoms with E-state index in [-0.39, 0.29) is 17.9 Å². The second-order valence-electron chi connectivity index (χ2n) is 3.71. The number of aliphatic hydroxyl groups is 1. The molecule has 16 heavy (non-hydrogen) atoms. The third kappa shape index (κ3) is 3.64. The lowest BCUT2D eigenvalue weighted by molar-refractivity contribution is 0.288. The van der Waals surface area contributed by atoms with Crippen molar-refractivity contribution in [1.29, 1.82) is 0 Å². The van der Waals surface area contributed by atoms with E-state index in [0.29, 0.717) is 0 Å². The van der Waals surface area contributed by atoms with E-state index >= 15 is 0 Å². The third-order valence-electron chi connectivity index (χ3n) is 2.45. The van der Waals surface area contributed by atoms with Crippen LogP contribution >= 0.6 is 27.7 Å². The van der Waals surface area contributed by atoms with E-state index in [9.17, 15) is 5.11 Å². The Bertz CT molecular complexity index is 345. The van der Waals surface area contributed by atoms with Gasteiger partial charge >= 0.3 is 0 Å². The molecule has 0 bridgehead atoms. The number of halogens is 1. The SMILES string of the molecule is CSC(CO)C(C)Nc1ncc(Br)cc1C. The quantitative estimate of drug-likeness (QED) is 0.878. The third-order valence-corrected chi connectivity index (χ3v) is 4.05. The predicted molar refractivity (Wildman–Crippen MR) is 74.1 cm³/mol. The number of thioether (sulfide) groups is 1. The summed E-state index contributed by atoms with van der Waals surface area (Å²) in [5.41, 5.74) is 1.10. The zero-order valence-electron chi connectivity index (χ0n) is 9.70. The largest absolute Gasteiger partial charge is 0.395 e. The van der Waals surface area contributed by atoms with Gasteiger partial charge in [-0.3, -0.25) is 0 Å². The number of nitrogens with one attached hydrogen (secondary N) is 1. The van der Waals surface area contributed by atoms with E-state index in [1.54, 1.807) is 18.0 Å². The summed E-state index contributed by atoms with van der Waals surface area (Å²) in [5, 5.41) is 12.7. The molecule has 1 aromatic rings. The lowest BCUT2D eigenvalue weighted by Gasteiger charge is -2.22. The van der Waals surface area contributed by atoms with Crippen molar-refractivity contribution >= 4 is 33.5 Å². The van der Waals surface area contributed by atoms with Crippen molar-refractivity contribution in [2.75, 3.05) is 18.2 Å². The van der Waals surface area contributed by atoms with Crippen LogP contribution in [0.5, 0.6) is 0 Å². The lowest BCUT2D eigenvalue weighted by Crippen LogP contribution is -2.31. The molecule has 0 radical (unpaired) electrons. The number of anilines is 1. The van der Waals surface area contributed by atoms with Crippen LogP contribution in [0.1, 0.15) is 12.5 Å². The first-order valence-electron chi connectivity index (χ1n) is 5.10. The van der Waals surface area contributed by atoms with Gasteiger partial charge in [0, 0.05) is 22.0 Å². The first kappa shape index (κ1) is 13.8. The molecule has 0 saturated heterocycles. The number of rotatable bonds is 5. The Balaban J connectivity index is 2.72. The summed E-state index contributed by atoms with van der Waals surface area (Å²) in [4.78, 5) is 4.32. The molecule has 3 nitrogen and oxygen atoms in total.